The maximum atomic E-state index is 11.9. The Kier molecular flexibility index (Phi) is 2.63. The Labute approximate surface area is 105 Å². The van der Waals surface area contributed by atoms with Gasteiger partial charge in [0.25, 0.3) is 0 Å². The maximum Gasteiger partial charge on any atom is 0.158 e. The summed E-state index contributed by atoms with van der Waals surface area (Å²) in [5, 5.41) is 3.24. The Balaban J connectivity index is 2.07. The number of carbonyl (C=O) groups excluding carboxylic acids is 1. The number of piperidine rings is 1. The summed E-state index contributed by atoms with van der Waals surface area (Å²) in [4.78, 5) is 21.0. The van der Waals surface area contributed by atoms with Gasteiger partial charge in [-0.2, -0.15) is 0 Å². The summed E-state index contributed by atoms with van der Waals surface area (Å²) in [5.74, 6) is 0.110. The van der Waals surface area contributed by atoms with E-state index in [4.69, 9.17) is 0 Å². The number of nitrogens with zero attached hydrogens (tertiary/aromatic N) is 3. The van der Waals surface area contributed by atoms with Crippen molar-refractivity contribution in [1.29, 1.82) is 0 Å². The van der Waals surface area contributed by atoms with Gasteiger partial charge in [-0.3, -0.25) is 9.78 Å². The molecule has 0 saturated carbocycles. The molecule has 1 fully saturated rings. The van der Waals surface area contributed by atoms with Crippen molar-refractivity contribution in [2.75, 3.05) is 13.1 Å². The number of rotatable bonds is 1. The van der Waals surface area contributed by atoms with E-state index >= 15 is 0 Å². The van der Waals surface area contributed by atoms with E-state index in [1.807, 2.05) is 24.7 Å². The molecule has 0 radical (unpaired) electrons. The van der Waals surface area contributed by atoms with Gasteiger partial charge in [-0.1, -0.05) is 0 Å². The molecule has 0 amide bonds. The van der Waals surface area contributed by atoms with Gasteiger partial charge in [0, 0.05) is 32.8 Å². The second-order valence-corrected chi connectivity index (χ2v) is 4.86. The molecule has 1 N–H and O–H groups in total. The number of aromatic nitrogens is 3. The fourth-order valence-corrected chi connectivity index (χ4v) is 2.51. The highest BCUT2D eigenvalue weighted by Crippen LogP contribution is 2.21. The highest BCUT2D eigenvalue weighted by atomic mass is 16.1. The summed E-state index contributed by atoms with van der Waals surface area (Å²) < 4.78 is 1.96. The van der Waals surface area contributed by atoms with Crippen LogP contribution >= 0.6 is 0 Å². The smallest absolute Gasteiger partial charge is 0.158 e. The van der Waals surface area contributed by atoms with E-state index in [2.05, 4.69) is 15.3 Å². The molecule has 3 heterocycles. The lowest BCUT2D eigenvalue weighted by molar-refractivity contribution is -0.121. The lowest BCUT2D eigenvalue weighted by Crippen LogP contribution is -2.35. The van der Waals surface area contributed by atoms with Crippen LogP contribution in [0.3, 0.4) is 0 Å². The van der Waals surface area contributed by atoms with Crippen LogP contribution in [-0.4, -0.2) is 33.4 Å². The summed E-state index contributed by atoms with van der Waals surface area (Å²) in [6.45, 7) is 3.46. The quantitative estimate of drug-likeness (QED) is 0.810. The first-order valence-electron chi connectivity index (χ1n) is 6.19. The SMILES string of the molecule is Cc1cn(C)c2nc(C3CNCCC3=O)cnc12. The first-order chi connectivity index (χ1) is 8.66. The maximum absolute atomic E-state index is 11.9. The van der Waals surface area contributed by atoms with Crippen molar-refractivity contribution in [3.05, 3.63) is 23.7 Å². The number of fused-ring (bicyclic) bond motifs is 1. The minimum atomic E-state index is -0.147. The molecule has 0 bridgehead atoms. The first kappa shape index (κ1) is 11.3. The van der Waals surface area contributed by atoms with Gasteiger partial charge < -0.3 is 9.88 Å². The molecule has 3 rings (SSSR count). The molecule has 0 aromatic carbocycles. The number of nitrogens with one attached hydrogen (secondary N) is 1. The minimum Gasteiger partial charge on any atom is -0.334 e. The Morgan fingerprint density at radius 1 is 1.50 bits per heavy atom. The van der Waals surface area contributed by atoms with Crippen LogP contribution < -0.4 is 5.32 Å². The molecule has 1 saturated heterocycles. The average molecular weight is 244 g/mol. The summed E-state index contributed by atoms with van der Waals surface area (Å²) in [6.07, 6.45) is 4.33. The zero-order chi connectivity index (χ0) is 12.7. The third kappa shape index (κ3) is 1.71. The topological polar surface area (TPSA) is 59.8 Å². The van der Waals surface area contributed by atoms with E-state index < -0.39 is 0 Å². The van der Waals surface area contributed by atoms with Crippen molar-refractivity contribution in [2.24, 2.45) is 7.05 Å². The standard InChI is InChI=1S/C13H16N4O/c1-8-7-17(2)13-12(8)15-6-10(16-13)9-5-14-4-3-11(9)18/h6-7,9,14H,3-5H2,1-2H3. The molecule has 0 aliphatic carbocycles. The van der Waals surface area contributed by atoms with Crippen molar-refractivity contribution in [2.45, 2.75) is 19.3 Å². The van der Waals surface area contributed by atoms with E-state index in [0.717, 1.165) is 29.0 Å². The molecule has 1 aliphatic rings. The molecular weight excluding hydrogens is 228 g/mol. The highest BCUT2D eigenvalue weighted by Gasteiger charge is 2.25. The second-order valence-electron chi connectivity index (χ2n) is 4.86. The highest BCUT2D eigenvalue weighted by molar-refractivity contribution is 5.87. The van der Waals surface area contributed by atoms with Crippen LogP contribution in [-0.2, 0) is 11.8 Å². The van der Waals surface area contributed by atoms with Gasteiger partial charge in [-0.15, -0.1) is 0 Å². The van der Waals surface area contributed by atoms with Crippen LogP contribution in [0.5, 0.6) is 0 Å². The van der Waals surface area contributed by atoms with E-state index in [9.17, 15) is 4.79 Å². The Hall–Kier alpha value is -1.75. The Morgan fingerprint density at radius 3 is 3.11 bits per heavy atom. The van der Waals surface area contributed by atoms with Crippen molar-refractivity contribution < 1.29 is 4.79 Å². The summed E-state index contributed by atoms with van der Waals surface area (Å²) in [6, 6.07) is 0. The number of aryl methyl sites for hydroxylation is 2. The summed E-state index contributed by atoms with van der Waals surface area (Å²) in [7, 11) is 1.95. The monoisotopic (exact) mass is 244 g/mol. The Morgan fingerprint density at radius 2 is 2.33 bits per heavy atom. The number of ketones is 1. The first-order valence-corrected chi connectivity index (χ1v) is 6.19. The van der Waals surface area contributed by atoms with Gasteiger partial charge in [0.2, 0.25) is 0 Å². The van der Waals surface area contributed by atoms with Crippen molar-refractivity contribution in [3.8, 4) is 0 Å². The lowest BCUT2D eigenvalue weighted by Gasteiger charge is -2.20. The molecule has 18 heavy (non-hydrogen) atoms. The number of hydrogen-bond donors (Lipinski definition) is 1. The van der Waals surface area contributed by atoms with Gasteiger partial charge >= 0.3 is 0 Å². The van der Waals surface area contributed by atoms with Gasteiger partial charge in [0.15, 0.2) is 5.65 Å². The van der Waals surface area contributed by atoms with Crippen LogP contribution in [0.15, 0.2) is 12.4 Å². The van der Waals surface area contributed by atoms with Crippen molar-refractivity contribution in [3.63, 3.8) is 0 Å². The van der Waals surface area contributed by atoms with Crippen LogP contribution in [0.1, 0.15) is 23.6 Å². The third-order valence-electron chi connectivity index (χ3n) is 3.51. The van der Waals surface area contributed by atoms with Crippen molar-refractivity contribution in [1.82, 2.24) is 19.9 Å². The molecule has 1 unspecified atom stereocenters. The molecule has 5 heteroatoms. The second kappa shape index (κ2) is 4.17. The number of carbonyl (C=O) groups is 1. The van der Waals surface area contributed by atoms with E-state index in [1.54, 1.807) is 6.20 Å². The average Bonchev–Trinajstić information content (AvgIpc) is 2.65. The number of hydrogen-bond acceptors (Lipinski definition) is 4. The zero-order valence-corrected chi connectivity index (χ0v) is 10.6. The number of Topliss-reactive ketones (excluding diaryl/α,β-unsaturated/α-hetero) is 1. The van der Waals surface area contributed by atoms with Crippen LogP contribution in [0.25, 0.3) is 11.2 Å². The minimum absolute atomic E-state index is 0.147. The summed E-state index contributed by atoms with van der Waals surface area (Å²) in [5.41, 5.74) is 3.65. The van der Waals surface area contributed by atoms with Crippen molar-refractivity contribution >= 4 is 16.9 Å². The predicted octanol–water partition coefficient (Wildman–Crippen LogP) is 0.923. The molecule has 1 aliphatic heterocycles. The van der Waals surface area contributed by atoms with Gasteiger partial charge in [0.1, 0.15) is 11.3 Å². The molecule has 2 aromatic heterocycles. The lowest BCUT2D eigenvalue weighted by atomic mass is 9.95. The van der Waals surface area contributed by atoms with E-state index in [1.165, 1.54) is 0 Å². The van der Waals surface area contributed by atoms with E-state index in [0.29, 0.717) is 13.0 Å². The molecule has 5 nitrogen and oxygen atoms in total. The van der Waals surface area contributed by atoms with Gasteiger partial charge in [-0.05, 0) is 12.5 Å². The van der Waals surface area contributed by atoms with Gasteiger partial charge in [0.05, 0.1) is 17.8 Å². The molecule has 94 valence electrons. The molecule has 0 spiro atoms. The predicted molar refractivity (Wildman–Crippen MR) is 68.5 cm³/mol. The largest absolute Gasteiger partial charge is 0.334 e. The fraction of sp³-hybridized carbons (Fsp3) is 0.462. The normalized spacial score (nSPS) is 20.6. The third-order valence-corrected chi connectivity index (χ3v) is 3.51. The van der Waals surface area contributed by atoms with Gasteiger partial charge in [-0.25, -0.2) is 4.98 Å². The zero-order valence-electron chi connectivity index (χ0n) is 10.6. The molecule has 2 aromatic rings. The molecular formula is C13H16N4O. The Bertz CT molecular complexity index is 617. The van der Waals surface area contributed by atoms with Crippen LogP contribution in [0, 0.1) is 6.92 Å². The molecule has 1 atom stereocenters. The van der Waals surface area contributed by atoms with Crippen LogP contribution in [0.2, 0.25) is 0 Å². The van der Waals surface area contributed by atoms with Crippen LogP contribution in [0.4, 0.5) is 0 Å². The fourth-order valence-electron chi connectivity index (χ4n) is 2.51. The van der Waals surface area contributed by atoms with E-state index in [-0.39, 0.29) is 11.7 Å². The summed E-state index contributed by atoms with van der Waals surface area (Å²) >= 11 is 0.